The van der Waals surface area contributed by atoms with Crippen LogP contribution in [0.1, 0.15) is 5.56 Å². The maximum absolute atomic E-state index is 11.3. The largest absolute Gasteiger partial charge is 0.495 e. The summed E-state index contributed by atoms with van der Waals surface area (Å²) in [7, 11) is 2.63. The first-order chi connectivity index (χ1) is 7.58. The van der Waals surface area contributed by atoms with Gasteiger partial charge in [0.1, 0.15) is 5.75 Å². The smallest absolute Gasteiger partial charge is 0.396 e. The van der Waals surface area contributed by atoms with Crippen LogP contribution in [0.4, 0.5) is 5.69 Å². The van der Waals surface area contributed by atoms with E-state index in [4.69, 9.17) is 4.74 Å². The van der Waals surface area contributed by atoms with Crippen LogP contribution in [0.15, 0.2) is 18.2 Å². The summed E-state index contributed by atoms with van der Waals surface area (Å²) >= 11 is 0. The van der Waals surface area contributed by atoms with Gasteiger partial charge >= 0.3 is 11.9 Å². The molecule has 5 heteroatoms. The van der Waals surface area contributed by atoms with Crippen LogP contribution in [0.25, 0.3) is 0 Å². The van der Waals surface area contributed by atoms with E-state index in [-0.39, 0.29) is 0 Å². The Kier molecular flexibility index (Phi) is 3.88. The molecule has 86 valence electrons. The number of amides is 1. The zero-order chi connectivity index (χ0) is 12.1. The minimum atomic E-state index is -0.941. The molecule has 0 bridgehead atoms. The van der Waals surface area contributed by atoms with Gasteiger partial charge in [-0.3, -0.25) is 4.79 Å². The van der Waals surface area contributed by atoms with E-state index in [1.165, 1.54) is 7.11 Å². The van der Waals surface area contributed by atoms with Gasteiger partial charge in [-0.15, -0.1) is 0 Å². The highest BCUT2D eigenvalue weighted by Crippen LogP contribution is 2.24. The van der Waals surface area contributed by atoms with Crippen LogP contribution in [-0.4, -0.2) is 26.1 Å². The maximum atomic E-state index is 11.3. The van der Waals surface area contributed by atoms with Gasteiger partial charge in [0.25, 0.3) is 0 Å². The third-order valence-corrected chi connectivity index (χ3v) is 1.97. The monoisotopic (exact) mass is 223 g/mol. The lowest BCUT2D eigenvalue weighted by atomic mass is 10.2. The third-order valence-electron chi connectivity index (χ3n) is 1.97. The molecule has 1 amide bonds. The quantitative estimate of drug-likeness (QED) is 0.602. The Morgan fingerprint density at radius 3 is 2.50 bits per heavy atom. The second kappa shape index (κ2) is 5.16. The van der Waals surface area contributed by atoms with Crippen molar-refractivity contribution in [3.05, 3.63) is 23.8 Å². The normalized spacial score (nSPS) is 9.44. The Balaban J connectivity index is 2.91. The number of rotatable bonds is 2. The number of anilines is 1. The number of nitrogens with one attached hydrogen (secondary N) is 1. The summed E-state index contributed by atoms with van der Waals surface area (Å²) in [6, 6.07) is 5.26. The highest BCUT2D eigenvalue weighted by atomic mass is 16.5. The molecule has 5 nitrogen and oxygen atoms in total. The van der Waals surface area contributed by atoms with Crippen LogP contribution in [0.3, 0.4) is 0 Å². The van der Waals surface area contributed by atoms with Crippen molar-refractivity contribution in [2.75, 3.05) is 19.5 Å². The zero-order valence-corrected chi connectivity index (χ0v) is 9.37. The molecule has 0 saturated heterocycles. The number of aryl methyl sites for hydroxylation is 1. The number of carbonyl (C=O) groups is 2. The lowest BCUT2D eigenvalue weighted by molar-refractivity contribution is -0.150. The molecule has 1 N–H and O–H groups in total. The molecule has 0 unspecified atom stereocenters. The fourth-order valence-electron chi connectivity index (χ4n) is 1.19. The van der Waals surface area contributed by atoms with Gasteiger partial charge in [-0.25, -0.2) is 4.79 Å². The molecule has 0 radical (unpaired) electrons. The van der Waals surface area contributed by atoms with Crippen molar-refractivity contribution in [2.45, 2.75) is 6.92 Å². The first kappa shape index (κ1) is 12.0. The number of methoxy groups -OCH3 is 2. The summed E-state index contributed by atoms with van der Waals surface area (Å²) in [6.07, 6.45) is 0. The van der Waals surface area contributed by atoms with Crippen LogP contribution in [0.5, 0.6) is 5.75 Å². The van der Waals surface area contributed by atoms with E-state index in [9.17, 15) is 9.59 Å². The maximum Gasteiger partial charge on any atom is 0.396 e. The van der Waals surface area contributed by atoms with Crippen LogP contribution < -0.4 is 10.1 Å². The molecule has 0 aromatic heterocycles. The third kappa shape index (κ3) is 2.73. The van der Waals surface area contributed by atoms with Gasteiger partial charge in [0.05, 0.1) is 19.9 Å². The van der Waals surface area contributed by atoms with E-state index in [0.717, 1.165) is 12.7 Å². The Bertz CT molecular complexity index is 414. The molecule has 0 heterocycles. The van der Waals surface area contributed by atoms with Gasteiger partial charge in [-0.2, -0.15) is 0 Å². The minimum absolute atomic E-state index is 0.443. The first-order valence-corrected chi connectivity index (χ1v) is 4.62. The van der Waals surface area contributed by atoms with Crippen molar-refractivity contribution in [3.8, 4) is 5.75 Å². The van der Waals surface area contributed by atoms with E-state index >= 15 is 0 Å². The van der Waals surface area contributed by atoms with Gasteiger partial charge in [-0.1, -0.05) is 6.07 Å². The molecule has 0 aliphatic carbocycles. The van der Waals surface area contributed by atoms with Crippen LogP contribution >= 0.6 is 0 Å². The molecule has 0 spiro atoms. The van der Waals surface area contributed by atoms with E-state index in [1.807, 2.05) is 13.0 Å². The van der Waals surface area contributed by atoms with E-state index in [0.29, 0.717) is 11.4 Å². The topological polar surface area (TPSA) is 64.6 Å². The van der Waals surface area contributed by atoms with E-state index < -0.39 is 11.9 Å². The molecular formula is C11H13NO4. The van der Waals surface area contributed by atoms with Gasteiger partial charge in [-0.05, 0) is 24.6 Å². The average Bonchev–Trinajstić information content (AvgIpc) is 2.28. The second-order valence-electron chi connectivity index (χ2n) is 3.15. The lowest BCUT2D eigenvalue weighted by Crippen LogP contribution is -2.24. The van der Waals surface area contributed by atoms with Gasteiger partial charge in [0.15, 0.2) is 0 Å². The average molecular weight is 223 g/mol. The fraction of sp³-hybridized carbons (Fsp3) is 0.273. The molecule has 0 atom stereocenters. The fourth-order valence-corrected chi connectivity index (χ4v) is 1.19. The summed E-state index contributed by atoms with van der Waals surface area (Å²) in [4.78, 5) is 22.2. The van der Waals surface area contributed by atoms with Crippen molar-refractivity contribution in [3.63, 3.8) is 0 Å². The van der Waals surface area contributed by atoms with Crippen molar-refractivity contribution >= 4 is 17.6 Å². The summed E-state index contributed by atoms with van der Waals surface area (Å²) in [6.45, 7) is 1.87. The van der Waals surface area contributed by atoms with Crippen LogP contribution in [0.2, 0.25) is 0 Å². The summed E-state index contributed by atoms with van der Waals surface area (Å²) in [5.74, 6) is -1.28. The Morgan fingerprint density at radius 2 is 1.94 bits per heavy atom. The number of esters is 1. The lowest BCUT2D eigenvalue weighted by Gasteiger charge is -2.09. The second-order valence-corrected chi connectivity index (χ2v) is 3.15. The van der Waals surface area contributed by atoms with Crippen molar-refractivity contribution in [1.82, 2.24) is 0 Å². The molecule has 0 aliphatic heterocycles. The molecule has 0 aliphatic rings. The van der Waals surface area contributed by atoms with Gasteiger partial charge in [0.2, 0.25) is 0 Å². The van der Waals surface area contributed by atoms with E-state index in [2.05, 4.69) is 10.1 Å². The van der Waals surface area contributed by atoms with Crippen molar-refractivity contribution in [2.24, 2.45) is 0 Å². The Hall–Kier alpha value is -2.04. The van der Waals surface area contributed by atoms with Crippen molar-refractivity contribution < 1.29 is 19.1 Å². The van der Waals surface area contributed by atoms with Gasteiger partial charge in [0, 0.05) is 0 Å². The molecule has 1 rings (SSSR count). The summed E-state index contributed by atoms with van der Waals surface area (Å²) < 4.78 is 9.34. The van der Waals surface area contributed by atoms with Crippen molar-refractivity contribution in [1.29, 1.82) is 0 Å². The number of ether oxygens (including phenoxy) is 2. The summed E-state index contributed by atoms with van der Waals surface area (Å²) in [5, 5.41) is 2.41. The van der Waals surface area contributed by atoms with Crippen LogP contribution in [0, 0.1) is 6.92 Å². The SMILES string of the molecule is COC(=O)C(=O)Nc1cc(C)ccc1OC. The molecule has 0 fully saturated rings. The number of benzene rings is 1. The van der Waals surface area contributed by atoms with Crippen LogP contribution in [-0.2, 0) is 14.3 Å². The van der Waals surface area contributed by atoms with E-state index in [1.54, 1.807) is 12.1 Å². The summed E-state index contributed by atoms with van der Waals surface area (Å²) in [5.41, 5.74) is 1.39. The Morgan fingerprint density at radius 1 is 1.25 bits per heavy atom. The molecule has 16 heavy (non-hydrogen) atoms. The van der Waals surface area contributed by atoms with Gasteiger partial charge < -0.3 is 14.8 Å². The zero-order valence-electron chi connectivity index (χ0n) is 9.37. The predicted molar refractivity (Wildman–Crippen MR) is 58.4 cm³/mol. The molecule has 1 aromatic rings. The first-order valence-electron chi connectivity index (χ1n) is 4.62. The predicted octanol–water partition coefficient (Wildman–Crippen LogP) is 1.12. The minimum Gasteiger partial charge on any atom is -0.495 e. The highest BCUT2D eigenvalue weighted by molar-refractivity contribution is 6.37. The molecule has 0 saturated carbocycles. The molecule has 1 aromatic carbocycles. The number of hydrogen-bond donors (Lipinski definition) is 1. The number of carbonyl (C=O) groups excluding carboxylic acids is 2. The number of hydrogen-bond acceptors (Lipinski definition) is 4. The Labute approximate surface area is 93.4 Å². The highest BCUT2D eigenvalue weighted by Gasteiger charge is 2.15. The molecular weight excluding hydrogens is 210 g/mol. The standard InChI is InChI=1S/C11H13NO4/c1-7-4-5-9(15-2)8(6-7)12-10(13)11(14)16-3/h4-6H,1-3H3,(H,12,13).